The van der Waals surface area contributed by atoms with Crippen LogP contribution in [-0.2, 0) is 39.6 Å². The van der Waals surface area contributed by atoms with Crippen LogP contribution in [0.3, 0.4) is 0 Å². The summed E-state index contributed by atoms with van der Waals surface area (Å²) in [6.07, 6.45) is 22.1. The molecule has 0 radical (unpaired) electrons. The molecular weight excluding hydrogens is 649 g/mol. The van der Waals surface area contributed by atoms with Gasteiger partial charge in [0.05, 0.1) is 0 Å². The van der Waals surface area contributed by atoms with Crippen molar-refractivity contribution in [1.82, 2.24) is 0 Å². The normalized spacial score (nSPS) is 18.3. The third-order valence-electron chi connectivity index (χ3n) is 6.43. The van der Waals surface area contributed by atoms with Gasteiger partial charge >= 0.3 is 126 Å². The van der Waals surface area contributed by atoms with Crippen molar-refractivity contribution in [2.24, 2.45) is 0 Å². The van der Waals surface area contributed by atoms with Gasteiger partial charge in [0.25, 0.3) is 0 Å². The third kappa shape index (κ3) is 10.4. The molecule has 4 aliphatic rings. The Bertz CT molecular complexity index is 894. The van der Waals surface area contributed by atoms with Crippen LogP contribution < -0.4 is 24.8 Å². The summed E-state index contributed by atoms with van der Waals surface area (Å²) in [6.45, 7) is 8.94. The SMILES string of the molecule is CC1=CCC(C2=C(C)C(C)=CC2)=C1C.[CH3][Zr+2]([CH3])[C]1=CC=CC1.[CH3][Zr]([Cl])([Cl])[C]1=CC=CC1.[Cl-].[Cl-]. The Balaban J connectivity index is 0.000000475. The standard InChI is InChI=1S/C14H18.2C5H5.3CH3.4ClH.2Zr/c1-9-5-7-13(11(9)3)14-8-6-10(2)12(14)4;2*1-2-4-5-3-1;;;;;;;;;/h5-6H,7-8H2,1-4H3;2*1-3H,4H2;3*1H3;4*1H;;/q;;;;;;;;;;2*+2/p-4. The molecule has 0 aromatic rings. The summed E-state index contributed by atoms with van der Waals surface area (Å²) >= 11 is -3.56. The van der Waals surface area contributed by atoms with Gasteiger partial charge in [-0.1, -0.05) is 23.3 Å². The van der Waals surface area contributed by atoms with Crippen molar-refractivity contribution < 1.29 is 64.4 Å². The first kappa shape index (κ1) is 33.8. The van der Waals surface area contributed by atoms with E-state index in [0.717, 1.165) is 19.3 Å². The smallest absolute Gasteiger partial charge is 1.00 e. The molecule has 0 aromatic carbocycles. The summed E-state index contributed by atoms with van der Waals surface area (Å²) in [5.74, 6) is 0. The Morgan fingerprint density at radius 3 is 1.39 bits per heavy atom. The monoisotopic (exact) mass is 681 g/mol. The molecule has 0 atom stereocenters. The van der Waals surface area contributed by atoms with Crippen molar-refractivity contribution in [3.63, 3.8) is 0 Å². The first-order chi connectivity index (χ1) is 14.5. The second kappa shape index (κ2) is 15.8. The van der Waals surface area contributed by atoms with Gasteiger partial charge in [0.2, 0.25) is 0 Å². The van der Waals surface area contributed by atoms with Crippen molar-refractivity contribution in [2.45, 2.75) is 67.3 Å². The van der Waals surface area contributed by atoms with E-state index in [1.807, 2.05) is 10.7 Å². The zero-order valence-electron chi connectivity index (χ0n) is 21.0. The Morgan fingerprint density at radius 2 is 1.18 bits per heavy atom. The van der Waals surface area contributed by atoms with E-state index in [1.54, 1.807) is 14.4 Å². The van der Waals surface area contributed by atoms with Gasteiger partial charge in [-0.15, -0.1) is 0 Å². The number of allylic oxidation sites excluding steroid dienone is 16. The van der Waals surface area contributed by atoms with E-state index in [0.29, 0.717) is 0 Å². The summed E-state index contributed by atoms with van der Waals surface area (Å²) in [6, 6.07) is 0. The minimum absolute atomic E-state index is 0. The largest absolute Gasteiger partial charge is 1.00 e. The number of hydrogen-bond donors (Lipinski definition) is 0. The van der Waals surface area contributed by atoms with E-state index in [2.05, 4.69) is 79.5 Å². The maximum atomic E-state index is 6.01. The molecule has 0 fully saturated rings. The molecule has 0 unspecified atom stereocenters. The van der Waals surface area contributed by atoms with E-state index >= 15 is 0 Å². The molecule has 0 aromatic heterocycles. The first-order valence-electron chi connectivity index (χ1n) is 11.2. The number of rotatable bonds is 3. The van der Waals surface area contributed by atoms with Gasteiger partial charge in [-0.25, -0.2) is 0 Å². The first-order valence-corrected chi connectivity index (χ1v) is 27.3. The second-order valence-corrected chi connectivity index (χ2v) is 31.5. The zero-order chi connectivity index (χ0) is 23.2. The van der Waals surface area contributed by atoms with E-state index in [-0.39, 0.29) is 24.8 Å². The minimum Gasteiger partial charge on any atom is -1.00 e. The molecule has 0 N–H and O–H groups in total. The molecule has 4 rings (SSSR count). The quantitative estimate of drug-likeness (QED) is 0.418. The molecule has 0 spiro atoms. The van der Waals surface area contributed by atoms with Crippen molar-refractivity contribution in [2.75, 3.05) is 0 Å². The minimum atomic E-state index is -2.65. The molecule has 0 aliphatic heterocycles. The van der Waals surface area contributed by atoms with Gasteiger partial charge in [-0.05, 0) is 62.8 Å². The summed E-state index contributed by atoms with van der Waals surface area (Å²) in [5.41, 5.74) is 9.08. The van der Waals surface area contributed by atoms with Gasteiger partial charge in [-0.3, -0.25) is 0 Å². The fraction of sp³-hybridized carbons (Fsp3) is 0.407. The van der Waals surface area contributed by atoms with Crippen LogP contribution >= 0.6 is 17.0 Å². The van der Waals surface area contributed by atoms with Crippen molar-refractivity contribution in [3.05, 3.63) is 88.6 Å². The van der Waals surface area contributed by atoms with Crippen LogP contribution in [0.1, 0.15) is 53.4 Å². The summed E-state index contributed by atoms with van der Waals surface area (Å²) < 4.78 is 9.90. The van der Waals surface area contributed by atoms with Crippen LogP contribution in [0.2, 0.25) is 13.9 Å². The van der Waals surface area contributed by atoms with Gasteiger partial charge in [0.1, 0.15) is 0 Å². The summed E-state index contributed by atoms with van der Waals surface area (Å²) in [7, 11) is 12.0. The number of halogens is 4. The molecule has 0 saturated carbocycles. The van der Waals surface area contributed by atoms with Crippen LogP contribution in [-0.4, -0.2) is 0 Å². The van der Waals surface area contributed by atoms with Gasteiger partial charge in [-0.2, -0.15) is 0 Å². The van der Waals surface area contributed by atoms with Crippen molar-refractivity contribution >= 4 is 17.0 Å². The molecule has 0 amide bonds. The Hall–Kier alpha value is 0.846. The van der Waals surface area contributed by atoms with Crippen LogP contribution in [0.15, 0.2) is 88.6 Å². The van der Waals surface area contributed by atoms with Crippen LogP contribution in [0.5, 0.6) is 0 Å². The second-order valence-electron chi connectivity index (χ2n) is 8.93. The predicted octanol–water partition coefficient (Wildman–Crippen LogP) is 4.21. The molecule has 0 saturated heterocycles. The predicted molar refractivity (Wildman–Crippen MR) is 135 cm³/mol. The molecule has 6 heteroatoms. The maximum Gasteiger partial charge on any atom is -1.00 e. The Morgan fingerprint density at radius 1 is 0.727 bits per heavy atom. The molecule has 0 bridgehead atoms. The average Bonchev–Trinajstić information content (AvgIpc) is 3.49. The van der Waals surface area contributed by atoms with Gasteiger partial charge < -0.3 is 24.8 Å². The van der Waals surface area contributed by atoms with Crippen molar-refractivity contribution in [3.8, 4) is 0 Å². The van der Waals surface area contributed by atoms with Gasteiger partial charge in [0.15, 0.2) is 0 Å². The molecule has 33 heavy (non-hydrogen) atoms. The Kier molecular flexibility index (Phi) is 16.3. The molecule has 0 nitrogen and oxygen atoms in total. The van der Waals surface area contributed by atoms with E-state index in [1.165, 1.54) is 32.0 Å². The average molecular weight is 686 g/mol. The van der Waals surface area contributed by atoms with E-state index in [9.17, 15) is 0 Å². The van der Waals surface area contributed by atoms with E-state index in [4.69, 9.17) is 17.0 Å². The van der Waals surface area contributed by atoms with Crippen LogP contribution in [0, 0.1) is 0 Å². The number of hydrogen-bond acceptors (Lipinski definition) is 0. The zero-order valence-corrected chi connectivity index (χ0v) is 28.9. The topological polar surface area (TPSA) is 0 Å². The van der Waals surface area contributed by atoms with E-state index < -0.39 is 39.6 Å². The molecule has 4 aliphatic carbocycles. The maximum absolute atomic E-state index is 6.01. The summed E-state index contributed by atoms with van der Waals surface area (Å²) in [5, 5.41) is 0. The fourth-order valence-corrected chi connectivity index (χ4v) is 10.0. The third-order valence-corrected chi connectivity index (χ3v) is 17.1. The molecule has 0 heterocycles. The molecular formula is C27H37Cl4Zr2. The van der Waals surface area contributed by atoms with Gasteiger partial charge in [0, 0.05) is 0 Å². The van der Waals surface area contributed by atoms with Crippen molar-refractivity contribution in [1.29, 1.82) is 0 Å². The van der Waals surface area contributed by atoms with Crippen LogP contribution in [0.25, 0.3) is 0 Å². The van der Waals surface area contributed by atoms with Crippen LogP contribution in [0.4, 0.5) is 0 Å². The molecule has 181 valence electrons. The fourth-order valence-electron chi connectivity index (χ4n) is 3.89. The Labute approximate surface area is 234 Å². The summed E-state index contributed by atoms with van der Waals surface area (Å²) in [4.78, 5) is 0.